The maximum atomic E-state index is 6.32. The molecule has 5 heteroatoms. The average Bonchev–Trinajstić information content (AvgIpc) is 3.75. The zero-order valence-corrected chi connectivity index (χ0v) is 26.9. The molecule has 0 fully saturated rings. The van der Waals surface area contributed by atoms with E-state index in [-0.39, 0.29) is 0 Å². The maximum Gasteiger partial charge on any atom is 0.164 e. The van der Waals surface area contributed by atoms with Gasteiger partial charge in [0.15, 0.2) is 17.5 Å². The fraction of sp³-hybridized carbons (Fsp3) is 0. The van der Waals surface area contributed by atoms with Crippen molar-refractivity contribution in [2.75, 3.05) is 0 Å². The summed E-state index contributed by atoms with van der Waals surface area (Å²) in [4.78, 5) is 15.0. The minimum absolute atomic E-state index is 0.621. The molecule has 10 rings (SSSR count). The number of nitrogens with zero attached hydrogens (tertiary/aromatic N) is 4. The second kappa shape index (κ2) is 11.4. The Labute approximate surface area is 287 Å². The van der Waals surface area contributed by atoms with Crippen molar-refractivity contribution in [2.24, 2.45) is 0 Å². The van der Waals surface area contributed by atoms with E-state index < -0.39 is 0 Å². The van der Waals surface area contributed by atoms with Crippen LogP contribution in [0.25, 0.3) is 94.7 Å². The molecule has 0 aliphatic rings. The Morgan fingerprint density at radius 2 is 0.940 bits per heavy atom. The lowest BCUT2D eigenvalue weighted by Gasteiger charge is -2.14. The van der Waals surface area contributed by atoms with Crippen molar-refractivity contribution in [1.82, 2.24) is 19.5 Å². The molecule has 234 valence electrons. The molecule has 0 unspecified atom stereocenters. The Balaban J connectivity index is 1.22. The van der Waals surface area contributed by atoms with Gasteiger partial charge in [-0.3, -0.25) is 0 Å². The van der Waals surface area contributed by atoms with Gasteiger partial charge in [0, 0.05) is 49.5 Å². The number of hydrogen-bond acceptors (Lipinski definition) is 4. The number of fused-ring (bicyclic) bond motifs is 6. The van der Waals surface area contributed by atoms with Crippen LogP contribution in [0.15, 0.2) is 174 Å². The summed E-state index contributed by atoms with van der Waals surface area (Å²) in [6.07, 6.45) is 0. The molecule has 0 spiro atoms. The fourth-order valence-corrected chi connectivity index (χ4v) is 7.22. The summed E-state index contributed by atoms with van der Waals surface area (Å²) in [5.74, 6) is 1.90. The Bertz CT molecular complexity index is 2810. The van der Waals surface area contributed by atoms with Gasteiger partial charge >= 0.3 is 0 Å². The molecule has 0 N–H and O–H groups in total. The standard InChI is InChI=1S/C45H28N4O/c1-3-14-29(15-4-1)43-46-44(30-16-5-2-6-17-30)48-45(47-43)31-18-11-19-32(28-31)49-38-25-9-7-20-33(38)35-23-12-24-36(42(35)49)34-22-13-27-40-41(34)37-21-8-10-26-39(37)50-40/h1-28H. The molecule has 0 aliphatic carbocycles. The number of para-hydroxylation sites is 3. The third-order valence-corrected chi connectivity index (χ3v) is 9.45. The first kappa shape index (κ1) is 28.2. The fourth-order valence-electron chi connectivity index (χ4n) is 7.22. The first-order valence-corrected chi connectivity index (χ1v) is 16.7. The molecular formula is C45H28N4O. The van der Waals surface area contributed by atoms with Gasteiger partial charge in [-0.1, -0.05) is 140 Å². The van der Waals surface area contributed by atoms with E-state index in [2.05, 4.69) is 102 Å². The Morgan fingerprint density at radius 1 is 0.400 bits per heavy atom. The smallest absolute Gasteiger partial charge is 0.164 e. The van der Waals surface area contributed by atoms with Crippen molar-refractivity contribution in [3.63, 3.8) is 0 Å². The van der Waals surface area contributed by atoms with Crippen LogP contribution >= 0.6 is 0 Å². The second-order valence-electron chi connectivity index (χ2n) is 12.4. The summed E-state index contributed by atoms with van der Waals surface area (Å²) in [5.41, 5.74) is 10.1. The normalized spacial score (nSPS) is 11.6. The van der Waals surface area contributed by atoms with Crippen LogP contribution in [-0.2, 0) is 0 Å². The van der Waals surface area contributed by atoms with Crippen LogP contribution in [0.5, 0.6) is 0 Å². The van der Waals surface area contributed by atoms with Crippen molar-refractivity contribution in [2.45, 2.75) is 0 Å². The first-order valence-electron chi connectivity index (χ1n) is 16.7. The zero-order valence-electron chi connectivity index (χ0n) is 26.9. The highest BCUT2D eigenvalue weighted by molar-refractivity contribution is 6.19. The number of aromatic nitrogens is 4. The summed E-state index contributed by atoms with van der Waals surface area (Å²) in [5, 5.41) is 4.61. The highest BCUT2D eigenvalue weighted by Crippen LogP contribution is 2.43. The topological polar surface area (TPSA) is 56.7 Å². The van der Waals surface area contributed by atoms with E-state index in [0.29, 0.717) is 17.5 Å². The van der Waals surface area contributed by atoms with Crippen molar-refractivity contribution in [1.29, 1.82) is 0 Å². The quantitative estimate of drug-likeness (QED) is 0.188. The van der Waals surface area contributed by atoms with Crippen molar-refractivity contribution in [3.8, 4) is 51.0 Å². The summed E-state index contributed by atoms with van der Waals surface area (Å²) in [6, 6.07) is 58.6. The van der Waals surface area contributed by atoms with E-state index in [0.717, 1.165) is 66.5 Å². The minimum atomic E-state index is 0.621. The van der Waals surface area contributed by atoms with Crippen LogP contribution in [0.1, 0.15) is 0 Å². The van der Waals surface area contributed by atoms with Gasteiger partial charge in [0.05, 0.1) is 11.0 Å². The summed E-state index contributed by atoms with van der Waals surface area (Å²) in [6.45, 7) is 0. The van der Waals surface area contributed by atoms with Crippen LogP contribution in [0.4, 0.5) is 0 Å². The third-order valence-electron chi connectivity index (χ3n) is 9.45. The van der Waals surface area contributed by atoms with Crippen molar-refractivity contribution >= 4 is 43.7 Å². The van der Waals surface area contributed by atoms with Crippen LogP contribution < -0.4 is 0 Å². The second-order valence-corrected chi connectivity index (χ2v) is 12.4. The average molecular weight is 641 g/mol. The monoisotopic (exact) mass is 640 g/mol. The van der Waals surface area contributed by atoms with Crippen LogP contribution in [0.3, 0.4) is 0 Å². The van der Waals surface area contributed by atoms with Gasteiger partial charge in [-0.05, 0) is 35.9 Å². The lowest BCUT2D eigenvalue weighted by atomic mass is 9.97. The Hall–Kier alpha value is -6.85. The van der Waals surface area contributed by atoms with Gasteiger partial charge in [-0.25, -0.2) is 15.0 Å². The highest BCUT2D eigenvalue weighted by atomic mass is 16.3. The molecule has 7 aromatic carbocycles. The number of furan rings is 1. The van der Waals surface area contributed by atoms with E-state index in [1.54, 1.807) is 0 Å². The van der Waals surface area contributed by atoms with Gasteiger partial charge in [-0.2, -0.15) is 0 Å². The Morgan fingerprint density at radius 3 is 1.70 bits per heavy atom. The zero-order chi connectivity index (χ0) is 33.0. The molecule has 10 aromatic rings. The van der Waals surface area contributed by atoms with Crippen molar-refractivity contribution in [3.05, 3.63) is 170 Å². The van der Waals surface area contributed by atoms with E-state index >= 15 is 0 Å². The third kappa shape index (κ3) is 4.52. The van der Waals surface area contributed by atoms with E-state index in [1.807, 2.05) is 72.8 Å². The van der Waals surface area contributed by atoms with E-state index in [1.165, 1.54) is 10.8 Å². The summed E-state index contributed by atoms with van der Waals surface area (Å²) in [7, 11) is 0. The maximum absolute atomic E-state index is 6.32. The number of rotatable bonds is 5. The van der Waals surface area contributed by atoms with Crippen molar-refractivity contribution < 1.29 is 4.42 Å². The summed E-state index contributed by atoms with van der Waals surface area (Å²) < 4.78 is 8.70. The molecular weight excluding hydrogens is 613 g/mol. The first-order chi connectivity index (χ1) is 24.8. The molecule has 0 amide bonds. The Kier molecular flexibility index (Phi) is 6.42. The van der Waals surface area contributed by atoms with E-state index in [9.17, 15) is 0 Å². The number of benzene rings is 7. The molecule has 3 aromatic heterocycles. The van der Waals surface area contributed by atoms with E-state index in [4.69, 9.17) is 19.4 Å². The number of hydrogen-bond donors (Lipinski definition) is 0. The predicted molar refractivity (Wildman–Crippen MR) is 203 cm³/mol. The van der Waals surface area contributed by atoms with Crippen LogP contribution in [0, 0.1) is 0 Å². The highest BCUT2D eigenvalue weighted by Gasteiger charge is 2.20. The molecule has 3 heterocycles. The SMILES string of the molecule is c1ccc(-c2nc(-c3ccccc3)nc(-c3cccc(-n4c5ccccc5c5cccc(-c6cccc7oc8ccccc8c67)c54)c3)n2)cc1. The molecule has 0 saturated heterocycles. The predicted octanol–water partition coefficient (Wildman–Crippen LogP) is 11.5. The molecule has 0 radical (unpaired) electrons. The van der Waals surface area contributed by atoms with Gasteiger partial charge in [-0.15, -0.1) is 0 Å². The molecule has 5 nitrogen and oxygen atoms in total. The van der Waals surface area contributed by atoms with Gasteiger partial charge in [0.25, 0.3) is 0 Å². The summed E-state index contributed by atoms with van der Waals surface area (Å²) >= 11 is 0. The lowest BCUT2D eigenvalue weighted by molar-refractivity contribution is 0.669. The van der Waals surface area contributed by atoms with Gasteiger partial charge < -0.3 is 8.98 Å². The van der Waals surface area contributed by atoms with Crippen LogP contribution in [0.2, 0.25) is 0 Å². The molecule has 0 saturated carbocycles. The van der Waals surface area contributed by atoms with Crippen LogP contribution in [-0.4, -0.2) is 19.5 Å². The minimum Gasteiger partial charge on any atom is -0.456 e. The molecule has 0 atom stereocenters. The van der Waals surface area contributed by atoms with Gasteiger partial charge in [0.1, 0.15) is 11.2 Å². The largest absolute Gasteiger partial charge is 0.456 e. The lowest BCUT2D eigenvalue weighted by Crippen LogP contribution is -2.01. The van der Waals surface area contributed by atoms with Gasteiger partial charge in [0.2, 0.25) is 0 Å². The molecule has 0 aliphatic heterocycles. The molecule has 50 heavy (non-hydrogen) atoms. The molecule has 0 bridgehead atoms.